The molecule has 0 bridgehead atoms. The zero-order valence-electron chi connectivity index (χ0n) is 18.2. The van der Waals surface area contributed by atoms with Gasteiger partial charge in [0.05, 0.1) is 32.2 Å². The van der Waals surface area contributed by atoms with Crippen LogP contribution in [-0.2, 0) is 4.79 Å². The molecule has 3 aromatic rings. The predicted octanol–water partition coefficient (Wildman–Crippen LogP) is 4.62. The van der Waals surface area contributed by atoms with Gasteiger partial charge in [-0.05, 0) is 36.8 Å². The molecule has 1 fully saturated rings. The molecule has 1 saturated heterocycles. The second-order valence-electron chi connectivity index (χ2n) is 7.98. The maximum atomic E-state index is 12.3. The number of hydrogen-bond donors (Lipinski definition) is 1. The number of carbonyl (C=O) groups excluding carboxylic acids is 1. The van der Waals surface area contributed by atoms with Crippen LogP contribution in [0, 0.1) is 0 Å². The highest BCUT2D eigenvalue weighted by Crippen LogP contribution is 2.30. The number of aromatic nitrogens is 1. The van der Waals surface area contributed by atoms with Crippen LogP contribution in [-0.4, -0.2) is 42.9 Å². The number of nitrogens with zero attached hydrogens (tertiary/aromatic N) is 2. The summed E-state index contributed by atoms with van der Waals surface area (Å²) in [6.45, 7) is 4.05. The minimum absolute atomic E-state index is 0.106. The first-order chi connectivity index (χ1) is 15.7. The number of carbonyl (C=O) groups is 1. The van der Waals surface area contributed by atoms with Crippen LogP contribution in [0.2, 0.25) is 0 Å². The van der Waals surface area contributed by atoms with Gasteiger partial charge in [0.2, 0.25) is 5.91 Å². The third-order valence-electron chi connectivity index (χ3n) is 5.20. The van der Waals surface area contributed by atoms with Crippen molar-refractivity contribution in [1.82, 2.24) is 10.3 Å². The second-order valence-corrected chi connectivity index (χ2v) is 7.98. The van der Waals surface area contributed by atoms with Gasteiger partial charge in [-0.15, -0.1) is 0 Å². The first-order valence-corrected chi connectivity index (χ1v) is 10.5. The van der Waals surface area contributed by atoms with E-state index >= 15 is 0 Å². The van der Waals surface area contributed by atoms with Gasteiger partial charge in [-0.1, -0.05) is 12.1 Å². The molecule has 33 heavy (non-hydrogen) atoms. The summed E-state index contributed by atoms with van der Waals surface area (Å²) in [5, 5.41) is 2.84. The van der Waals surface area contributed by atoms with Crippen LogP contribution < -0.4 is 19.7 Å². The van der Waals surface area contributed by atoms with E-state index in [4.69, 9.17) is 13.9 Å². The van der Waals surface area contributed by atoms with E-state index in [9.17, 15) is 18.0 Å². The smallest absolute Gasteiger partial charge is 0.392 e. The van der Waals surface area contributed by atoms with Crippen molar-refractivity contribution < 1.29 is 31.9 Å². The number of ether oxygens (including phenoxy) is 2. The summed E-state index contributed by atoms with van der Waals surface area (Å²) < 4.78 is 53.8. The molecule has 10 heteroatoms. The van der Waals surface area contributed by atoms with E-state index in [-0.39, 0.29) is 18.1 Å². The van der Waals surface area contributed by atoms with Crippen molar-refractivity contribution in [2.45, 2.75) is 38.6 Å². The third kappa shape index (κ3) is 5.88. The van der Waals surface area contributed by atoms with Crippen LogP contribution in [0.3, 0.4) is 0 Å². The molecule has 1 aliphatic rings. The number of halogens is 3. The van der Waals surface area contributed by atoms with Crippen molar-refractivity contribution in [3.63, 3.8) is 0 Å². The fourth-order valence-corrected chi connectivity index (χ4v) is 3.51. The quantitative estimate of drug-likeness (QED) is 0.525. The van der Waals surface area contributed by atoms with Crippen molar-refractivity contribution in [1.29, 1.82) is 0 Å². The Hall–Kier alpha value is -3.43. The molecule has 2 heterocycles. The van der Waals surface area contributed by atoms with Crippen molar-refractivity contribution in [3.8, 4) is 11.5 Å². The number of nitrogens with one attached hydrogen (secondary N) is 1. The van der Waals surface area contributed by atoms with Crippen molar-refractivity contribution in [2.24, 2.45) is 0 Å². The summed E-state index contributed by atoms with van der Waals surface area (Å²) in [6.07, 6.45) is -5.37. The van der Waals surface area contributed by atoms with Gasteiger partial charge in [0.25, 0.3) is 6.01 Å². The van der Waals surface area contributed by atoms with Crippen LogP contribution in [0.5, 0.6) is 11.5 Å². The molecule has 2 aromatic carbocycles. The lowest BCUT2D eigenvalue weighted by Gasteiger charge is -2.37. The molecule has 176 valence electrons. The predicted molar refractivity (Wildman–Crippen MR) is 115 cm³/mol. The van der Waals surface area contributed by atoms with E-state index < -0.39 is 19.2 Å². The Bertz CT molecular complexity index is 1130. The highest BCUT2D eigenvalue weighted by molar-refractivity contribution is 5.77. The Morgan fingerprint density at radius 3 is 2.73 bits per heavy atom. The number of amides is 1. The Balaban J connectivity index is 1.32. The van der Waals surface area contributed by atoms with Crippen LogP contribution >= 0.6 is 0 Å². The van der Waals surface area contributed by atoms with Crippen LogP contribution in [0.15, 0.2) is 46.9 Å². The highest BCUT2D eigenvalue weighted by Gasteiger charge is 2.32. The van der Waals surface area contributed by atoms with E-state index in [0.29, 0.717) is 36.2 Å². The standard InChI is InChI=1S/C23H24F3N3O4/c1-14(27-15(2)30)16-6-7-20-21(10-16)33-22(28-20)29-12-19(13-29)32-18-5-3-4-17(11-18)31-9-8-23(24,25)26/h3-7,10-11,14,19H,8-9,12-13H2,1-2H3,(H,27,30). The van der Waals surface area contributed by atoms with E-state index in [1.165, 1.54) is 6.92 Å². The molecular weight excluding hydrogens is 439 g/mol. The van der Waals surface area contributed by atoms with Crippen molar-refractivity contribution in [3.05, 3.63) is 48.0 Å². The SMILES string of the molecule is CC(=O)NC(C)c1ccc2nc(N3CC(Oc4cccc(OCCC(F)(F)F)c4)C3)oc2c1. The number of oxazole rings is 1. The van der Waals surface area contributed by atoms with Crippen LogP contribution in [0.25, 0.3) is 11.1 Å². The van der Waals surface area contributed by atoms with E-state index in [1.807, 2.05) is 30.0 Å². The number of benzene rings is 2. The molecule has 0 aliphatic carbocycles. The molecule has 1 aromatic heterocycles. The van der Waals surface area contributed by atoms with Crippen molar-refractivity contribution in [2.75, 3.05) is 24.6 Å². The van der Waals surface area contributed by atoms with Gasteiger partial charge in [-0.2, -0.15) is 18.2 Å². The summed E-state index contributed by atoms with van der Waals surface area (Å²) in [5.41, 5.74) is 2.27. The Kier molecular flexibility index (Phi) is 6.35. The summed E-state index contributed by atoms with van der Waals surface area (Å²) in [7, 11) is 0. The summed E-state index contributed by atoms with van der Waals surface area (Å²) in [6, 6.07) is 12.5. The fourth-order valence-electron chi connectivity index (χ4n) is 3.51. The van der Waals surface area contributed by atoms with Crippen LogP contribution in [0.1, 0.15) is 31.9 Å². The van der Waals surface area contributed by atoms with Gasteiger partial charge in [0.1, 0.15) is 23.1 Å². The molecule has 0 spiro atoms. The summed E-state index contributed by atoms with van der Waals surface area (Å²) in [5.74, 6) is 0.750. The van der Waals surface area contributed by atoms with Crippen LogP contribution in [0.4, 0.5) is 19.2 Å². The largest absolute Gasteiger partial charge is 0.493 e. The first kappa shape index (κ1) is 22.8. The normalized spacial score (nSPS) is 15.2. The van der Waals surface area contributed by atoms with E-state index in [1.54, 1.807) is 24.3 Å². The topological polar surface area (TPSA) is 76.8 Å². The fraction of sp³-hybridized carbons (Fsp3) is 0.391. The zero-order valence-corrected chi connectivity index (χ0v) is 18.2. The molecular formula is C23H24F3N3O4. The molecule has 7 nitrogen and oxygen atoms in total. The zero-order chi connectivity index (χ0) is 23.6. The maximum absolute atomic E-state index is 12.3. The molecule has 1 amide bonds. The van der Waals surface area contributed by atoms with Gasteiger partial charge in [-0.25, -0.2) is 0 Å². The second kappa shape index (κ2) is 9.21. The Morgan fingerprint density at radius 1 is 1.24 bits per heavy atom. The monoisotopic (exact) mass is 463 g/mol. The lowest BCUT2D eigenvalue weighted by atomic mass is 10.1. The lowest BCUT2D eigenvalue weighted by Crippen LogP contribution is -2.54. The van der Waals surface area contributed by atoms with Gasteiger partial charge in [0.15, 0.2) is 5.58 Å². The van der Waals surface area contributed by atoms with Gasteiger partial charge in [0, 0.05) is 13.0 Å². The Morgan fingerprint density at radius 2 is 2.00 bits per heavy atom. The molecule has 1 aliphatic heterocycles. The minimum atomic E-state index is -4.25. The average Bonchev–Trinajstić information content (AvgIpc) is 3.12. The molecule has 1 atom stereocenters. The number of anilines is 1. The van der Waals surface area contributed by atoms with Gasteiger partial charge in [-0.3, -0.25) is 4.79 Å². The number of fused-ring (bicyclic) bond motifs is 1. The summed E-state index contributed by atoms with van der Waals surface area (Å²) >= 11 is 0. The van der Waals surface area contributed by atoms with E-state index in [2.05, 4.69) is 10.3 Å². The number of rotatable bonds is 8. The van der Waals surface area contributed by atoms with E-state index in [0.717, 1.165) is 11.1 Å². The molecule has 4 rings (SSSR count). The highest BCUT2D eigenvalue weighted by atomic mass is 19.4. The molecule has 0 saturated carbocycles. The summed E-state index contributed by atoms with van der Waals surface area (Å²) in [4.78, 5) is 17.7. The number of hydrogen-bond acceptors (Lipinski definition) is 6. The lowest BCUT2D eigenvalue weighted by molar-refractivity contribution is -0.139. The Labute approximate surface area is 188 Å². The van der Waals surface area contributed by atoms with Crippen molar-refractivity contribution >= 4 is 23.0 Å². The average molecular weight is 463 g/mol. The first-order valence-electron chi connectivity index (χ1n) is 10.5. The molecule has 1 unspecified atom stereocenters. The maximum Gasteiger partial charge on any atom is 0.392 e. The van der Waals surface area contributed by atoms with Gasteiger partial charge >= 0.3 is 6.18 Å². The van der Waals surface area contributed by atoms with Gasteiger partial charge < -0.3 is 24.1 Å². The molecule has 0 radical (unpaired) electrons. The number of alkyl halides is 3. The minimum Gasteiger partial charge on any atom is -0.493 e. The third-order valence-corrected chi connectivity index (χ3v) is 5.20. The molecule has 1 N–H and O–H groups in total.